The third-order valence-electron chi connectivity index (χ3n) is 5.26. The molecule has 0 aromatic heterocycles. The first kappa shape index (κ1) is 27.8. The van der Waals surface area contributed by atoms with Gasteiger partial charge in [0.25, 0.3) is 5.91 Å². The second kappa shape index (κ2) is 13.5. The van der Waals surface area contributed by atoms with Crippen molar-refractivity contribution in [3.8, 4) is 5.75 Å². The van der Waals surface area contributed by atoms with E-state index in [0.717, 1.165) is 6.42 Å². The Morgan fingerprint density at radius 3 is 2.14 bits per heavy atom. The molecule has 2 N–H and O–H groups in total. The fourth-order valence-electron chi connectivity index (χ4n) is 3.39. The van der Waals surface area contributed by atoms with E-state index in [1.54, 1.807) is 36.4 Å². The van der Waals surface area contributed by atoms with Gasteiger partial charge in [0.15, 0.2) is 5.11 Å². The van der Waals surface area contributed by atoms with Crippen molar-refractivity contribution < 1.29 is 17.9 Å². The SMILES string of the molecule is C=CCN(CC=C)S(=O)(=O)c1ccc(NC(=S)NC(=O)c2ccc(OCCc3ccccc3)cc2)cc1. The Morgan fingerprint density at radius 2 is 1.54 bits per heavy atom. The summed E-state index contributed by atoms with van der Waals surface area (Å²) in [7, 11) is -3.70. The van der Waals surface area contributed by atoms with Gasteiger partial charge in [-0.2, -0.15) is 4.31 Å². The monoisotopic (exact) mass is 535 g/mol. The molecule has 0 heterocycles. The lowest BCUT2D eigenvalue weighted by Crippen LogP contribution is -2.34. The highest BCUT2D eigenvalue weighted by molar-refractivity contribution is 7.89. The second-order valence-corrected chi connectivity index (χ2v) is 10.3. The molecular weight excluding hydrogens is 506 g/mol. The van der Waals surface area contributed by atoms with E-state index in [0.29, 0.717) is 23.6 Å². The topological polar surface area (TPSA) is 87.7 Å². The molecule has 9 heteroatoms. The van der Waals surface area contributed by atoms with Gasteiger partial charge in [0.1, 0.15) is 5.75 Å². The van der Waals surface area contributed by atoms with E-state index < -0.39 is 10.0 Å². The van der Waals surface area contributed by atoms with Crippen LogP contribution in [0.5, 0.6) is 5.75 Å². The van der Waals surface area contributed by atoms with Gasteiger partial charge in [0.2, 0.25) is 10.0 Å². The van der Waals surface area contributed by atoms with Crippen LogP contribution in [0.2, 0.25) is 0 Å². The number of rotatable bonds is 12. The maximum absolute atomic E-state index is 12.8. The van der Waals surface area contributed by atoms with Crippen LogP contribution in [0.15, 0.2) is 109 Å². The number of anilines is 1. The van der Waals surface area contributed by atoms with Crippen molar-refractivity contribution >= 4 is 38.9 Å². The summed E-state index contributed by atoms with van der Waals surface area (Å²) >= 11 is 5.24. The Bertz CT molecular complexity index is 1310. The van der Waals surface area contributed by atoms with Crippen LogP contribution in [-0.2, 0) is 16.4 Å². The Balaban J connectivity index is 1.52. The molecule has 0 unspecified atom stereocenters. The van der Waals surface area contributed by atoms with Gasteiger partial charge in [-0.1, -0.05) is 42.5 Å². The fraction of sp³-hybridized carbons (Fsp3) is 0.143. The Labute approximate surface area is 223 Å². The van der Waals surface area contributed by atoms with Crippen LogP contribution in [-0.4, -0.2) is 43.4 Å². The number of hydrogen-bond acceptors (Lipinski definition) is 5. The van der Waals surface area contributed by atoms with Gasteiger partial charge in [-0.3, -0.25) is 10.1 Å². The zero-order chi connectivity index (χ0) is 26.7. The quantitative estimate of drug-likeness (QED) is 0.256. The molecule has 0 atom stereocenters. The van der Waals surface area contributed by atoms with E-state index in [4.69, 9.17) is 17.0 Å². The van der Waals surface area contributed by atoms with E-state index in [2.05, 4.69) is 23.8 Å². The van der Waals surface area contributed by atoms with Crippen LogP contribution in [0.3, 0.4) is 0 Å². The zero-order valence-corrected chi connectivity index (χ0v) is 21.9. The summed E-state index contributed by atoms with van der Waals surface area (Å²) in [5, 5.41) is 5.59. The lowest BCUT2D eigenvalue weighted by Gasteiger charge is -2.19. The highest BCUT2D eigenvalue weighted by Gasteiger charge is 2.22. The first-order valence-electron chi connectivity index (χ1n) is 11.5. The number of hydrogen-bond donors (Lipinski definition) is 2. The number of nitrogens with one attached hydrogen (secondary N) is 2. The Kier molecular flexibility index (Phi) is 10.1. The molecule has 0 saturated carbocycles. The van der Waals surface area contributed by atoms with Crippen molar-refractivity contribution in [3.05, 3.63) is 115 Å². The molecule has 0 saturated heterocycles. The maximum Gasteiger partial charge on any atom is 0.257 e. The van der Waals surface area contributed by atoms with Crippen LogP contribution in [0.4, 0.5) is 5.69 Å². The largest absolute Gasteiger partial charge is 0.493 e. The average Bonchev–Trinajstić information content (AvgIpc) is 2.90. The van der Waals surface area contributed by atoms with Crippen molar-refractivity contribution in [1.82, 2.24) is 9.62 Å². The number of carbonyl (C=O) groups is 1. The molecule has 3 aromatic rings. The molecular formula is C28H29N3O4S2. The smallest absolute Gasteiger partial charge is 0.257 e. The Hall–Kier alpha value is -3.79. The summed E-state index contributed by atoms with van der Waals surface area (Å²) in [5.74, 6) is 0.292. The molecule has 37 heavy (non-hydrogen) atoms. The molecule has 0 fully saturated rings. The van der Waals surface area contributed by atoms with Crippen molar-refractivity contribution in [3.63, 3.8) is 0 Å². The standard InChI is InChI=1S/C28H29N3O4S2/c1-3-19-31(20-4-2)37(33,34)26-16-12-24(13-17-26)29-28(36)30-27(32)23-10-14-25(15-11-23)35-21-18-22-8-6-5-7-9-22/h3-17H,1-2,18-21H2,(H2,29,30,32,36). The zero-order valence-electron chi connectivity index (χ0n) is 20.3. The van der Waals surface area contributed by atoms with Gasteiger partial charge >= 0.3 is 0 Å². The minimum atomic E-state index is -3.70. The number of thiocarbonyl (C=S) groups is 1. The van der Waals surface area contributed by atoms with E-state index in [1.807, 2.05) is 30.3 Å². The van der Waals surface area contributed by atoms with E-state index in [1.165, 1.54) is 34.2 Å². The van der Waals surface area contributed by atoms with Crippen molar-refractivity contribution in [1.29, 1.82) is 0 Å². The molecule has 0 bridgehead atoms. The molecule has 0 radical (unpaired) electrons. The molecule has 0 aliphatic rings. The molecule has 0 aliphatic carbocycles. The van der Waals surface area contributed by atoms with Crippen LogP contribution in [0.1, 0.15) is 15.9 Å². The van der Waals surface area contributed by atoms with Gasteiger partial charge in [0, 0.05) is 30.8 Å². The summed E-state index contributed by atoms with van der Waals surface area (Å²) in [5.41, 5.74) is 2.15. The van der Waals surface area contributed by atoms with Crippen molar-refractivity contribution in [2.75, 3.05) is 25.0 Å². The molecule has 3 aromatic carbocycles. The van der Waals surface area contributed by atoms with Crippen molar-refractivity contribution in [2.45, 2.75) is 11.3 Å². The summed E-state index contributed by atoms with van der Waals surface area (Å²) in [6.07, 6.45) is 3.83. The molecule has 0 aliphatic heterocycles. The van der Waals surface area contributed by atoms with Gasteiger partial charge in [-0.15, -0.1) is 13.2 Å². The number of ether oxygens (including phenoxy) is 1. The van der Waals surface area contributed by atoms with Crippen molar-refractivity contribution in [2.24, 2.45) is 0 Å². The molecule has 3 rings (SSSR count). The third kappa shape index (κ3) is 8.11. The summed E-state index contributed by atoms with van der Waals surface area (Å²) < 4.78 is 32.6. The molecule has 192 valence electrons. The van der Waals surface area contributed by atoms with Gasteiger partial charge in [0.05, 0.1) is 11.5 Å². The predicted molar refractivity (Wildman–Crippen MR) is 151 cm³/mol. The number of carbonyl (C=O) groups excluding carboxylic acids is 1. The number of nitrogens with zero attached hydrogens (tertiary/aromatic N) is 1. The second-order valence-electron chi connectivity index (χ2n) is 7.94. The highest BCUT2D eigenvalue weighted by atomic mass is 32.2. The summed E-state index contributed by atoms with van der Waals surface area (Å²) in [6, 6.07) is 22.9. The number of amides is 1. The van der Waals surface area contributed by atoms with E-state index >= 15 is 0 Å². The minimum Gasteiger partial charge on any atom is -0.493 e. The van der Waals surface area contributed by atoms with Gasteiger partial charge in [-0.05, 0) is 66.3 Å². The van der Waals surface area contributed by atoms with Crippen LogP contribution in [0.25, 0.3) is 0 Å². The lowest BCUT2D eigenvalue weighted by molar-refractivity contribution is 0.0977. The maximum atomic E-state index is 12.8. The number of benzene rings is 3. The number of sulfonamides is 1. The third-order valence-corrected chi connectivity index (χ3v) is 7.31. The molecule has 0 spiro atoms. The van der Waals surface area contributed by atoms with Gasteiger partial charge < -0.3 is 10.1 Å². The van der Waals surface area contributed by atoms with E-state index in [9.17, 15) is 13.2 Å². The Morgan fingerprint density at radius 1 is 0.919 bits per heavy atom. The van der Waals surface area contributed by atoms with E-state index in [-0.39, 0.29) is 29.0 Å². The predicted octanol–water partition coefficient (Wildman–Crippen LogP) is 4.80. The lowest BCUT2D eigenvalue weighted by atomic mass is 10.2. The first-order valence-corrected chi connectivity index (χ1v) is 13.4. The molecule has 7 nitrogen and oxygen atoms in total. The minimum absolute atomic E-state index is 0.0868. The highest BCUT2D eigenvalue weighted by Crippen LogP contribution is 2.19. The van der Waals surface area contributed by atoms with Gasteiger partial charge in [-0.25, -0.2) is 8.42 Å². The summed E-state index contributed by atoms with van der Waals surface area (Å²) in [6.45, 7) is 8.08. The average molecular weight is 536 g/mol. The van der Waals surface area contributed by atoms with Crippen LogP contribution < -0.4 is 15.4 Å². The summed E-state index contributed by atoms with van der Waals surface area (Å²) in [4.78, 5) is 12.7. The normalized spacial score (nSPS) is 10.9. The fourth-order valence-corrected chi connectivity index (χ4v) is 4.98. The molecule has 1 amide bonds. The van der Waals surface area contributed by atoms with Crippen LogP contribution in [0, 0.1) is 0 Å². The first-order chi connectivity index (χ1) is 17.8. The van der Waals surface area contributed by atoms with Crippen LogP contribution >= 0.6 is 12.2 Å².